The number of nitrogens with one attached hydrogen (secondary N) is 1. The second-order valence-corrected chi connectivity index (χ2v) is 9.08. The molecule has 15 nitrogen and oxygen atoms in total. The first kappa shape index (κ1) is 32.2. The summed E-state index contributed by atoms with van der Waals surface area (Å²) in [7, 11) is 0. The van der Waals surface area contributed by atoms with Gasteiger partial charge in [-0.1, -0.05) is 0 Å². The van der Waals surface area contributed by atoms with Crippen molar-refractivity contribution in [3.8, 4) is 0 Å². The Morgan fingerprint density at radius 3 is 1.30 bits per heavy atom. The number of amides is 1. The highest BCUT2D eigenvalue weighted by Crippen LogP contribution is 2.02. The second-order valence-electron chi connectivity index (χ2n) is 9.08. The molecule has 0 saturated carbocycles. The molecule has 1 fully saturated rings. The first-order chi connectivity index (χ1) is 17.5. The van der Waals surface area contributed by atoms with E-state index in [1.165, 1.54) is 0 Å². The van der Waals surface area contributed by atoms with Crippen LogP contribution in [0.5, 0.6) is 0 Å². The summed E-state index contributed by atoms with van der Waals surface area (Å²) in [6.07, 6.45) is 1.42. The molecular formula is C22H40N6O9. The molecule has 212 valence electrons. The predicted molar refractivity (Wildman–Crippen MR) is 131 cm³/mol. The molecule has 0 aromatic rings. The molecule has 0 spiro atoms. The fourth-order valence-corrected chi connectivity index (χ4v) is 3.88. The lowest BCUT2D eigenvalue weighted by Crippen LogP contribution is -2.49. The Labute approximate surface area is 215 Å². The number of nitrogens with zero attached hydrogens (tertiary/aromatic N) is 4. The summed E-state index contributed by atoms with van der Waals surface area (Å²) in [4.78, 5) is 64.0. The summed E-state index contributed by atoms with van der Waals surface area (Å²) < 4.78 is 0. The van der Waals surface area contributed by atoms with Crippen molar-refractivity contribution >= 4 is 29.8 Å². The van der Waals surface area contributed by atoms with E-state index in [4.69, 9.17) is 10.8 Å². The van der Waals surface area contributed by atoms with Crippen LogP contribution in [0.4, 0.5) is 0 Å². The lowest BCUT2D eigenvalue weighted by Gasteiger charge is -2.32. The van der Waals surface area contributed by atoms with Crippen LogP contribution in [0, 0.1) is 0 Å². The number of carboxylic acid groups (broad SMARTS) is 4. The number of hydrogen-bond donors (Lipinski definition) is 6. The topological polar surface area (TPSA) is 217 Å². The first-order valence-electron chi connectivity index (χ1n) is 12.3. The average molecular weight is 533 g/mol. The molecular weight excluding hydrogens is 492 g/mol. The van der Waals surface area contributed by atoms with Crippen molar-refractivity contribution in [3.05, 3.63) is 0 Å². The van der Waals surface area contributed by atoms with Gasteiger partial charge in [0.1, 0.15) is 6.04 Å². The molecule has 15 heteroatoms. The molecule has 0 bridgehead atoms. The second kappa shape index (κ2) is 17.6. The maximum atomic E-state index is 12.5. The van der Waals surface area contributed by atoms with Gasteiger partial charge in [0.2, 0.25) is 5.91 Å². The lowest BCUT2D eigenvalue weighted by atomic mass is 10.1. The minimum absolute atomic E-state index is 0.0294. The smallest absolute Gasteiger partial charge is 0.320 e. The normalized spacial score (nSPS) is 18.3. The third kappa shape index (κ3) is 15.8. The molecule has 1 amide bonds. The van der Waals surface area contributed by atoms with Gasteiger partial charge in [-0.3, -0.25) is 43.6 Å². The fraction of sp³-hybridized carbons (Fsp3) is 0.773. The monoisotopic (exact) mass is 532 g/mol. The highest BCUT2D eigenvalue weighted by molar-refractivity contribution is 5.78. The van der Waals surface area contributed by atoms with Crippen molar-refractivity contribution in [2.75, 3.05) is 85.1 Å². The van der Waals surface area contributed by atoms with Crippen molar-refractivity contribution < 1.29 is 44.4 Å². The van der Waals surface area contributed by atoms with Gasteiger partial charge in [-0.2, -0.15) is 0 Å². The summed E-state index contributed by atoms with van der Waals surface area (Å²) in [5, 5.41) is 39.3. The summed E-state index contributed by atoms with van der Waals surface area (Å²) in [6, 6.07) is -0.934. The molecule has 1 saturated heterocycles. The van der Waals surface area contributed by atoms with Crippen LogP contribution in [-0.2, 0) is 24.0 Å². The Balaban J connectivity index is 2.77. The van der Waals surface area contributed by atoms with Gasteiger partial charge in [-0.05, 0) is 19.3 Å². The highest BCUT2D eigenvalue weighted by Gasteiger charge is 2.21. The highest BCUT2D eigenvalue weighted by atomic mass is 16.4. The summed E-state index contributed by atoms with van der Waals surface area (Å²) in [5.74, 6) is -4.38. The maximum absolute atomic E-state index is 12.5. The van der Waals surface area contributed by atoms with Crippen molar-refractivity contribution in [2.45, 2.75) is 25.3 Å². The van der Waals surface area contributed by atoms with Gasteiger partial charge in [-0.25, -0.2) is 0 Å². The molecule has 0 aromatic carbocycles. The van der Waals surface area contributed by atoms with Gasteiger partial charge in [-0.15, -0.1) is 0 Å². The fourth-order valence-electron chi connectivity index (χ4n) is 3.88. The molecule has 1 rings (SSSR count). The van der Waals surface area contributed by atoms with E-state index in [0.29, 0.717) is 78.2 Å². The number of rotatable bonds is 14. The Hall–Kier alpha value is -2.85. The molecule has 0 aliphatic carbocycles. The molecule has 0 unspecified atom stereocenters. The number of unbranched alkanes of at least 4 members (excludes halogenated alkanes) is 1. The van der Waals surface area contributed by atoms with Crippen molar-refractivity contribution in [1.82, 2.24) is 24.9 Å². The van der Waals surface area contributed by atoms with E-state index < -0.39 is 29.9 Å². The quantitative estimate of drug-likeness (QED) is 0.124. The Morgan fingerprint density at radius 1 is 0.622 bits per heavy atom. The Morgan fingerprint density at radius 2 is 0.973 bits per heavy atom. The van der Waals surface area contributed by atoms with E-state index >= 15 is 0 Å². The number of carbonyl (C=O) groups excluding carboxylic acids is 1. The largest absolute Gasteiger partial charge is 0.480 e. The minimum Gasteiger partial charge on any atom is -0.480 e. The van der Waals surface area contributed by atoms with Gasteiger partial charge in [0.25, 0.3) is 0 Å². The van der Waals surface area contributed by atoms with E-state index in [1.807, 2.05) is 4.90 Å². The lowest BCUT2D eigenvalue weighted by molar-refractivity contribution is -0.140. The van der Waals surface area contributed by atoms with E-state index in [1.54, 1.807) is 14.7 Å². The average Bonchev–Trinajstić information content (AvgIpc) is 2.79. The molecule has 1 heterocycles. The van der Waals surface area contributed by atoms with Crippen LogP contribution < -0.4 is 11.1 Å². The van der Waals surface area contributed by atoms with Crippen molar-refractivity contribution in [1.29, 1.82) is 0 Å². The number of hydrogen-bond acceptors (Lipinski definition) is 10. The maximum Gasteiger partial charge on any atom is 0.320 e. The molecule has 1 aliphatic rings. The van der Waals surface area contributed by atoms with Crippen molar-refractivity contribution in [3.63, 3.8) is 0 Å². The number of carboxylic acids is 4. The molecule has 0 radical (unpaired) electrons. The van der Waals surface area contributed by atoms with Gasteiger partial charge in [0.05, 0.1) is 26.2 Å². The molecule has 1 atom stereocenters. The predicted octanol–water partition coefficient (Wildman–Crippen LogP) is -2.84. The zero-order chi connectivity index (χ0) is 27.8. The summed E-state index contributed by atoms with van der Waals surface area (Å²) in [5.41, 5.74) is 5.46. The number of nitrogens with two attached hydrogens (primary N) is 1. The standard InChI is InChI=1S/C22H40N6O9/c23-17(22(36)37)3-1-2-4-24-18(29)13-25-5-7-26(14-19(30)31)9-11-28(16-21(34)35)12-10-27(8-6-25)15-20(32)33/h17H,1-16,23H2,(H,24,29)(H,30,31)(H,32,33)(H,34,35)(H,36,37)/t17-/m0/s1. The van der Waals surface area contributed by atoms with Crippen LogP contribution in [0.25, 0.3) is 0 Å². The van der Waals surface area contributed by atoms with Crippen LogP contribution in [0.1, 0.15) is 19.3 Å². The van der Waals surface area contributed by atoms with Gasteiger partial charge >= 0.3 is 23.9 Å². The molecule has 0 aromatic heterocycles. The molecule has 7 N–H and O–H groups in total. The molecule has 37 heavy (non-hydrogen) atoms. The summed E-state index contributed by atoms with van der Waals surface area (Å²) >= 11 is 0. The summed E-state index contributed by atoms with van der Waals surface area (Å²) in [6.45, 7) is 2.25. The van der Waals surface area contributed by atoms with Gasteiger partial charge in [0, 0.05) is 58.9 Å². The van der Waals surface area contributed by atoms with Gasteiger partial charge in [0.15, 0.2) is 0 Å². The zero-order valence-electron chi connectivity index (χ0n) is 21.1. The minimum atomic E-state index is -1.07. The Bertz CT molecular complexity index is 737. The van der Waals surface area contributed by atoms with Gasteiger partial charge < -0.3 is 31.5 Å². The van der Waals surface area contributed by atoms with Crippen LogP contribution in [0.15, 0.2) is 0 Å². The van der Waals surface area contributed by atoms with E-state index in [0.717, 1.165) is 0 Å². The van der Waals surface area contributed by atoms with Crippen LogP contribution in [0.2, 0.25) is 0 Å². The third-order valence-electron chi connectivity index (χ3n) is 5.95. The number of carbonyl (C=O) groups is 5. The SMILES string of the molecule is N[C@@H](CCCCNC(=O)CN1CCN(CC(=O)O)CCN(CC(=O)O)CCN(CC(=O)O)CC1)C(=O)O. The van der Waals surface area contributed by atoms with Crippen molar-refractivity contribution in [2.24, 2.45) is 5.73 Å². The van der Waals surface area contributed by atoms with Crippen LogP contribution >= 0.6 is 0 Å². The Kier molecular flexibility index (Phi) is 15.3. The van der Waals surface area contributed by atoms with E-state index in [9.17, 15) is 39.3 Å². The van der Waals surface area contributed by atoms with Crippen LogP contribution in [-0.4, -0.2) is 161 Å². The van der Waals surface area contributed by atoms with E-state index in [-0.39, 0.29) is 32.1 Å². The third-order valence-corrected chi connectivity index (χ3v) is 5.95. The zero-order valence-corrected chi connectivity index (χ0v) is 21.1. The first-order valence-corrected chi connectivity index (χ1v) is 12.3. The van der Waals surface area contributed by atoms with Crippen LogP contribution in [0.3, 0.4) is 0 Å². The van der Waals surface area contributed by atoms with E-state index in [2.05, 4.69) is 5.32 Å². The number of aliphatic carboxylic acids is 4. The molecule has 1 aliphatic heterocycles.